The smallest absolute Gasteiger partial charge is 0.0235 e. The maximum atomic E-state index is 3.64. The summed E-state index contributed by atoms with van der Waals surface area (Å²) in [6.45, 7) is 8.77. The summed E-state index contributed by atoms with van der Waals surface area (Å²) < 4.78 is 0. The Morgan fingerprint density at radius 3 is 2.44 bits per heavy atom. The molecule has 0 spiro atoms. The van der Waals surface area contributed by atoms with Gasteiger partial charge in [-0.25, -0.2) is 0 Å². The van der Waals surface area contributed by atoms with E-state index >= 15 is 0 Å². The highest BCUT2D eigenvalue weighted by atomic mass is 15.1. The van der Waals surface area contributed by atoms with Gasteiger partial charge in [-0.2, -0.15) is 0 Å². The maximum absolute atomic E-state index is 3.64. The average molecular weight is 248 g/mol. The quantitative estimate of drug-likeness (QED) is 0.798. The molecule has 0 fully saturated rings. The molecule has 1 aromatic carbocycles. The van der Waals surface area contributed by atoms with Gasteiger partial charge in [0, 0.05) is 12.6 Å². The Bertz CT molecular complexity index is 358. The van der Waals surface area contributed by atoms with Crippen molar-refractivity contribution >= 4 is 0 Å². The number of likely N-dealkylation sites (N-methyl/N-ethyl adjacent to an activating group) is 1. The molecule has 1 N–H and O–H groups in total. The molecule has 1 rings (SSSR count). The zero-order chi connectivity index (χ0) is 13.5. The van der Waals surface area contributed by atoms with Gasteiger partial charge in [0.25, 0.3) is 0 Å². The molecule has 0 saturated carbocycles. The molecule has 1 unspecified atom stereocenters. The third-order valence-electron chi connectivity index (χ3n) is 3.32. The van der Waals surface area contributed by atoms with E-state index in [2.05, 4.69) is 63.3 Å². The molecule has 0 radical (unpaired) electrons. The zero-order valence-corrected chi connectivity index (χ0v) is 12.6. The van der Waals surface area contributed by atoms with E-state index < -0.39 is 0 Å². The first-order chi connectivity index (χ1) is 8.52. The van der Waals surface area contributed by atoms with Crippen LogP contribution in [0.25, 0.3) is 0 Å². The molecular weight excluding hydrogens is 220 g/mol. The van der Waals surface area contributed by atoms with Gasteiger partial charge in [0.1, 0.15) is 0 Å². The van der Waals surface area contributed by atoms with E-state index in [1.165, 1.54) is 23.1 Å². The fourth-order valence-electron chi connectivity index (χ4n) is 2.21. The van der Waals surface area contributed by atoms with Crippen LogP contribution in [-0.2, 0) is 6.42 Å². The van der Waals surface area contributed by atoms with E-state index in [1.54, 1.807) is 0 Å². The van der Waals surface area contributed by atoms with E-state index in [-0.39, 0.29) is 0 Å². The van der Waals surface area contributed by atoms with Gasteiger partial charge in [-0.15, -0.1) is 0 Å². The number of nitrogens with zero attached hydrogens (tertiary/aromatic N) is 1. The summed E-state index contributed by atoms with van der Waals surface area (Å²) >= 11 is 0. The van der Waals surface area contributed by atoms with Gasteiger partial charge in [0.2, 0.25) is 0 Å². The molecule has 0 aliphatic carbocycles. The molecule has 2 nitrogen and oxygen atoms in total. The molecular formula is C16H28N2. The van der Waals surface area contributed by atoms with Gasteiger partial charge in [0.15, 0.2) is 0 Å². The van der Waals surface area contributed by atoms with Gasteiger partial charge in [-0.3, -0.25) is 0 Å². The summed E-state index contributed by atoms with van der Waals surface area (Å²) in [4.78, 5) is 2.26. The molecule has 2 heteroatoms. The van der Waals surface area contributed by atoms with Crippen LogP contribution in [0.15, 0.2) is 18.2 Å². The molecule has 0 aliphatic rings. The summed E-state index contributed by atoms with van der Waals surface area (Å²) in [6, 6.07) is 7.36. The van der Waals surface area contributed by atoms with E-state index in [1.807, 2.05) is 0 Å². The van der Waals surface area contributed by atoms with Gasteiger partial charge in [-0.1, -0.05) is 25.1 Å². The number of hydrogen-bond donors (Lipinski definition) is 1. The third-order valence-corrected chi connectivity index (χ3v) is 3.32. The monoisotopic (exact) mass is 248 g/mol. The number of aryl methyl sites for hydroxylation is 2. The molecule has 18 heavy (non-hydrogen) atoms. The van der Waals surface area contributed by atoms with Crippen molar-refractivity contribution in [3.05, 3.63) is 34.9 Å². The molecule has 0 saturated heterocycles. The summed E-state index contributed by atoms with van der Waals surface area (Å²) in [6.07, 6.45) is 2.30. The summed E-state index contributed by atoms with van der Waals surface area (Å²) in [5, 5.41) is 3.64. The lowest BCUT2D eigenvalue weighted by Crippen LogP contribution is -2.40. The number of hydrogen-bond acceptors (Lipinski definition) is 2. The normalized spacial score (nSPS) is 13.0. The third kappa shape index (κ3) is 5.19. The van der Waals surface area contributed by atoms with Gasteiger partial charge >= 0.3 is 0 Å². The zero-order valence-electron chi connectivity index (χ0n) is 12.6. The molecule has 1 aromatic rings. The van der Waals surface area contributed by atoms with E-state index in [0.717, 1.165) is 19.5 Å². The lowest BCUT2D eigenvalue weighted by molar-refractivity contribution is 0.336. The summed E-state index contributed by atoms with van der Waals surface area (Å²) in [5.41, 5.74) is 4.21. The van der Waals surface area contributed by atoms with Gasteiger partial charge in [0.05, 0.1) is 0 Å². The number of benzene rings is 1. The average Bonchev–Trinajstić information content (AvgIpc) is 2.30. The highest BCUT2D eigenvalue weighted by Gasteiger charge is 2.10. The standard InChI is InChI=1S/C16H28N2/c1-6-9-17-16(12-18(4)5)11-15-8-7-13(2)14(3)10-15/h7-8,10,16-17H,6,9,11-12H2,1-5H3. The Hall–Kier alpha value is -0.860. The predicted molar refractivity (Wildman–Crippen MR) is 80.3 cm³/mol. The Morgan fingerprint density at radius 2 is 1.89 bits per heavy atom. The first-order valence-electron chi connectivity index (χ1n) is 6.97. The first kappa shape index (κ1) is 15.2. The molecule has 0 heterocycles. The van der Waals surface area contributed by atoms with Crippen LogP contribution in [-0.4, -0.2) is 38.1 Å². The lowest BCUT2D eigenvalue weighted by atomic mass is 10.0. The van der Waals surface area contributed by atoms with Crippen LogP contribution in [0.2, 0.25) is 0 Å². The highest BCUT2D eigenvalue weighted by Crippen LogP contribution is 2.12. The fraction of sp³-hybridized carbons (Fsp3) is 0.625. The van der Waals surface area contributed by atoms with Crippen molar-refractivity contribution in [1.82, 2.24) is 10.2 Å². The van der Waals surface area contributed by atoms with Gasteiger partial charge in [-0.05, 0) is 64.0 Å². The van der Waals surface area contributed by atoms with Crippen molar-refractivity contribution in [3.63, 3.8) is 0 Å². The predicted octanol–water partition coefficient (Wildman–Crippen LogP) is 2.78. The minimum absolute atomic E-state index is 0.544. The van der Waals surface area contributed by atoms with Crippen molar-refractivity contribution < 1.29 is 0 Å². The van der Waals surface area contributed by atoms with Crippen molar-refractivity contribution in [2.75, 3.05) is 27.2 Å². The molecule has 102 valence electrons. The van der Waals surface area contributed by atoms with Crippen molar-refractivity contribution in [1.29, 1.82) is 0 Å². The fourth-order valence-corrected chi connectivity index (χ4v) is 2.21. The summed E-state index contributed by atoms with van der Waals surface area (Å²) in [7, 11) is 4.28. The Morgan fingerprint density at radius 1 is 1.17 bits per heavy atom. The molecule has 0 amide bonds. The molecule has 0 aliphatic heterocycles. The number of nitrogens with one attached hydrogen (secondary N) is 1. The van der Waals surface area contributed by atoms with Crippen LogP contribution >= 0.6 is 0 Å². The largest absolute Gasteiger partial charge is 0.312 e. The highest BCUT2D eigenvalue weighted by molar-refractivity contribution is 5.30. The second-order valence-electron chi connectivity index (χ2n) is 5.54. The van der Waals surface area contributed by atoms with Crippen molar-refractivity contribution in [2.24, 2.45) is 0 Å². The second-order valence-corrected chi connectivity index (χ2v) is 5.54. The van der Waals surface area contributed by atoms with E-state index in [4.69, 9.17) is 0 Å². The Kier molecular flexibility index (Phi) is 6.37. The van der Waals surface area contributed by atoms with Crippen LogP contribution in [0.1, 0.15) is 30.0 Å². The number of rotatable bonds is 7. The topological polar surface area (TPSA) is 15.3 Å². The first-order valence-corrected chi connectivity index (χ1v) is 6.97. The SMILES string of the molecule is CCCNC(Cc1ccc(C)c(C)c1)CN(C)C. The Labute approximate surface area is 112 Å². The second kappa shape index (κ2) is 7.55. The molecule has 0 bridgehead atoms. The molecule has 1 atom stereocenters. The summed E-state index contributed by atoms with van der Waals surface area (Å²) in [5.74, 6) is 0. The van der Waals surface area contributed by atoms with Crippen molar-refractivity contribution in [3.8, 4) is 0 Å². The van der Waals surface area contributed by atoms with Crippen LogP contribution in [0.4, 0.5) is 0 Å². The van der Waals surface area contributed by atoms with E-state index in [0.29, 0.717) is 6.04 Å². The van der Waals surface area contributed by atoms with Crippen LogP contribution in [0.5, 0.6) is 0 Å². The van der Waals surface area contributed by atoms with Crippen molar-refractivity contribution in [2.45, 2.75) is 39.7 Å². The van der Waals surface area contributed by atoms with Crippen LogP contribution < -0.4 is 5.32 Å². The molecule has 0 aromatic heterocycles. The van der Waals surface area contributed by atoms with Crippen LogP contribution in [0, 0.1) is 13.8 Å². The lowest BCUT2D eigenvalue weighted by Gasteiger charge is -2.22. The minimum atomic E-state index is 0.544. The van der Waals surface area contributed by atoms with Crippen LogP contribution in [0.3, 0.4) is 0 Å². The maximum Gasteiger partial charge on any atom is 0.0235 e. The minimum Gasteiger partial charge on any atom is -0.312 e. The van der Waals surface area contributed by atoms with Gasteiger partial charge < -0.3 is 10.2 Å². The Balaban J connectivity index is 2.65. The van der Waals surface area contributed by atoms with E-state index in [9.17, 15) is 0 Å².